The summed E-state index contributed by atoms with van der Waals surface area (Å²) in [6.07, 6.45) is 19.4. The molecule has 0 saturated heterocycles. The average Bonchev–Trinajstić information content (AvgIpc) is 2.82. The smallest absolute Gasteiger partial charge is 0.249 e. The second-order valence-electron chi connectivity index (χ2n) is 9.02. The molecule has 0 aliphatic carbocycles. The van der Waals surface area contributed by atoms with Crippen LogP contribution in [0.1, 0.15) is 110 Å². The van der Waals surface area contributed by atoms with E-state index in [1.165, 1.54) is 19.3 Å². The summed E-state index contributed by atoms with van der Waals surface area (Å²) < 4.78 is 0. The van der Waals surface area contributed by atoms with Crippen molar-refractivity contribution in [2.24, 2.45) is 0 Å². The van der Waals surface area contributed by atoms with Gasteiger partial charge in [-0.05, 0) is 57.8 Å². The van der Waals surface area contributed by atoms with Crippen LogP contribution in [0.3, 0.4) is 0 Å². The lowest BCUT2D eigenvalue weighted by Gasteiger charge is -2.27. The maximum atomic E-state index is 12.2. The van der Waals surface area contributed by atoms with Crippen molar-refractivity contribution < 1.29 is 25.2 Å². The van der Waals surface area contributed by atoms with Crippen molar-refractivity contribution in [2.45, 2.75) is 135 Å². The highest BCUT2D eigenvalue weighted by molar-refractivity contribution is 5.80. The first kappa shape index (κ1) is 31.8. The first-order valence-corrected chi connectivity index (χ1v) is 13.2. The molecule has 194 valence electrons. The van der Waals surface area contributed by atoms with Gasteiger partial charge < -0.3 is 25.7 Å². The minimum absolute atomic E-state index is 0.347. The fourth-order valence-corrected chi connectivity index (χ4v) is 3.64. The van der Waals surface area contributed by atoms with E-state index in [9.17, 15) is 25.2 Å². The molecule has 0 bridgehead atoms. The van der Waals surface area contributed by atoms with Crippen molar-refractivity contribution in [1.82, 2.24) is 5.32 Å². The molecule has 0 radical (unpaired) electrons. The van der Waals surface area contributed by atoms with Crippen molar-refractivity contribution in [2.75, 3.05) is 6.61 Å². The van der Waals surface area contributed by atoms with E-state index in [0.717, 1.165) is 57.8 Å². The lowest BCUT2D eigenvalue weighted by molar-refractivity contribution is -0.132. The third-order valence-electron chi connectivity index (χ3n) is 5.87. The second-order valence-corrected chi connectivity index (χ2v) is 9.02. The topological polar surface area (TPSA) is 110 Å². The number of unbranched alkanes of at least 4 members (excludes halogenated alkanes) is 9. The Morgan fingerprint density at radius 1 is 0.727 bits per heavy atom. The number of hydrogen-bond donors (Lipinski definition) is 5. The Morgan fingerprint density at radius 2 is 1.30 bits per heavy atom. The van der Waals surface area contributed by atoms with Crippen molar-refractivity contribution in [3.8, 4) is 0 Å². The highest BCUT2D eigenvalue weighted by Crippen LogP contribution is 2.12. The summed E-state index contributed by atoms with van der Waals surface area (Å²) in [5.74, 6) is -0.613. The molecule has 0 spiro atoms. The molecule has 5 N–H and O–H groups in total. The van der Waals surface area contributed by atoms with Crippen LogP contribution in [0.2, 0.25) is 0 Å². The summed E-state index contributed by atoms with van der Waals surface area (Å²) in [7, 11) is 0. The zero-order valence-corrected chi connectivity index (χ0v) is 21.1. The molecule has 0 saturated carbocycles. The quantitative estimate of drug-likeness (QED) is 0.118. The molecule has 0 aliphatic rings. The molecule has 4 unspecified atom stereocenters. The van der Waals surface area contributed by atoms with Crippen LogP contribution in [0.5, 0.6) is 0 Å². The zero-order valence-electron chi connectivity index (χ0n) is 21.1. The van der Waals surface area contributed by atoms with Crippen LogP contribution in [0.4, 0.5) is 0 Å². The summed E-state index contributed by atoms with van der Waals surface area (Å²) in [6.45, 7) is 3.82. The minimum atomic E-state index is -1.28. The first-order chi connectivity index (χ1) is 16.0. The Balaban J connectivity index is 4.03. The predicted molar refractivity (Wildman–Crippen MR) is 136 cm³/mol. The molecule has 6 nitrogen and oxygen atoms in total. The number of nitrogens with one attached hydrogen (secondary N) is 1. The second kappa shape index (κ2) is 22.6. The third-order valence-corrected chi connectivity index (χ3v) is 5.87. The molecule has 33 heavy (non-hydrogen) atoms. The molecule has 0 heterocycles. The molecule has 0 aliphatic heterocycles. The van der Waals surface area contributed by atoms with E-state index in [0.29, 0.717) is 19.3 Å². The Labute approximate surface area is 202 Å². The highest BCUT2D eigenvalue weighted by Gasteiger charge is 2.28. The minimum Gasteiger partial charge on any atom is -0.394 e. The van der Waals surface area contributed by atoms with Gasteiger partial charge in [0.05, 0.1) is 18.8 Å². The molecular weight excluding hydrogens is 418 g/mol. The van der Waals surface area contributed by atoms with Gasteiger partial charge in [-0.3, -0.25) is 4.79 Å². The molecule has 0 aromatic carbocycles. The van der Waals surface area contributed by atoms with Gasteiger partial charge in [0, 0.05) is 0 Å². The molecular formula is C27H51NO5. The van der Waals surface area contributed by atoms with Crippen LogP contribution >= 0.6 is 0 Å². The van der Waals surface area contributed by atoms with Crippen LogP contribution in [-0.4, -0.2) is 57.3 Å². The monoisotopic (exact) mass is 469 g/mol. The van der Waals surface area contributed by atoms with E-state index in [2.05, 4.69) is 43.5 Å². The van der Waals surface area contributed by atoms with Gasteiger partial charge in [-0.1, -0.05) is 76.7 Å². The number of amides is 1. The molecule has 6 heteroatoms. The van der Waals surface area contributed by atoms with Crippen LogP contribution < -0.4 is 5.32 Å². The van der Waals surface area contributed by atoms with E-state index in [4.69, 9.17) is 0 Å². The first-order valence-electron chi connectivity index (χ1n) is 13.2. The number of carbonyl (C=O) groups is 1. The summed E-state index contributed by atoms with van der Waals surface area (Å²) in [4.78, 5) is 12.2. The Hall–Kier alpha value is -1.21. The molecule has 0 aromatic heterocycles. The molecule has 0 aromatic rings. The summed E-state index contributed by atoms with van der Waals surface area (Å²) in [6, 6.07) is -0.998. The van der Waals surface area contributed by atoms with Crippen LogP contribution in [-0.2, 0) is 4.79 Å². The number of carbonyl (C=O) groups excluding carboxylic acids is 1. The lowest BCUT2D eigenvalue weighted by Crippen LogP contribution is -2.53. The fraction of sp³-hybridized carbons (Fsp3) is 0.815. The number of hydrogen-bond acceptors (Lipinski definition) is 5. The van der Waals surface area contributed by atoms with Crippen LogP contribution in [0.15, 0.2) is 24.3 Å². The predicted octanol–water partition coefficient (Wildman–Crippen LogP) is 4.55. The average molecular weight is 470 g/mol. The molecule has 4 atom stereocenters. The van der Waals surface area contributed by atoms with Gasteiger partial charge in [-0.2, -0.15) is 0 Å². The SMILES string of the molecule is CCC/C=C/CCCC(O)C(O)C(CO)NC(=O)C(O)CCCCCC/C=C\CCCCC. The van der Waals surface area contributed by atoms with Gasteiger partial charge in [0.1, 0.15) is 12.2 Å². The van der Waals surface area contributed by atoms with Gasteiger partial charge in [0.15, 0.2) is 0 Å². The lowest BCUT2D eigenvalue weighted by atomic mass is 10.00. The number of allylic oxidation sites excluding steroid dienone is 4. The van der Waals surface area contributed by atoms with E-state index in [1.807, 2.05) is 0 Å². The van der Waals surface area contributed by atoms with Gasteiger partial charge >= 0.3 is 0 Å². The van der Waals surface area contributed by atoms with Gasteiger partial charge in [-0.25, -0.2) is 0 Å². The van der Waals surface area contributed by atoms with Crippen molar-refractivity contribution in [1.29, 1.82) is 0 Å². The van der Waals surface area contributed by atoms with Crippen molar-refractivity contribution >= 4 is 5.91 Å². The zero-order chi connectivity index (χ0) is 24.7. The van der Waals surface area contributed by atoms with Crippen LogP contribution in [0.25, 0.3) is 0 Å². The maximum absolute atomic E-state index is 12.2. The Kier molecular flexibility index (Phi) is 21.7. The normalized spacial score (nSPS) is 15.7. The van der Waals surface area contributed by atoms with E-state index >= 15 is 0 Å². The molecule has 0 fully saturated rings. The number of rotatable bonds is 22. The van der Waals surface area contributed by atoms with Gasteiger partial charge in [0.2, 0.25) is 5.91 Å². The largest absolute Gasteiger partial charge is 0.394 e. The number of aliphatic hydroxyl groups is 4. The molecule has 1 amide bonds. The Morgan fingerprint density at radius 3 is 1.91 bits per heavy atom. The maximum Gasteiger partial charge on any atom is 0.249 e. The van der Waals surface area contributed by atoms with Crippen molar-refractivity contribution in [3.05, 3.63) is 24.3 Å². The number of aliphatic hydroxyl groups excluding tert-OH is 4. The van der Waals surface area contributed by atoms with E-state index in [1.54, 1.807) is 0 Å². The highest BCUT2D eigenvalue weighted by atomic mass is 16.3. The summed E-state index contributed by atoms with van der Waals surface area (Å²) >= 11 is 0. The van der Waals surface area contributed by atoms with Crippen LogP contribution in [0, 0.1) is 0 Å². The van der Waals surface area contributed by atoms with E-state index in [-0.39, 0.29) is 0 Å². The fourth-order valence-electron chi connectivity index (χ4n) is 3.64. The standard InChI is InChI=1S/C27H51NO5/c1-3-5-7-9-11-12-13-14-15-17-19-21-25(31)27(33)28-23(22-29)26(32)24(30)20-18-16-10-8-6-4-2/h8,10-12,23-26,29-32H,3-7,9,13-22H2,1-2H3,(H,28,33)/b10-8+,12-11-. The Bertz CT molecular complexity index is 509. The van der Waals surface area contributed by atoms with Gasteiger partial charge in [-0.15, -0.1) is 0 Å². The van der Waals surface area contributed by atoms with Gasteiger partial charge in [0.25, 0.3) is 0 Å². The summed E-state index contributed by atoms with van der Waals surface area (Å²) in [5.41, 5.74) is 0. The van der Waals surface area contributed by atoms with E-state index < -0.39 is 36.9 Å². The third kappa shape index (κ3) is 17.9. The molecule has 0 rings (SSSR count). The van der Waals surface area contributed by atoms with Crippen molar-refractivity contribution in [3.63, 3.8) is 0 Å². The summed E-state index contributed by atoms with van der Waals surface area (Å²) in [5, 5.41) is 42.6.